The molecule has 0 aromatic carbocycles. The lowest BCUT2D eigenvalue weighted by Gasteiger charge is -1.77. The summed E-state index contributed by atoms with van der Waals surface area (Å²) in [6.07, 6.45) is 5.39. The number of hydrogen-bond acceptors (Lipinski definition) is 3. The van der Waals surface area contributed by atoms with Gasteiger partial charge in [0.15, 0.2) is 5.13 Å². The monoisotopic (exact) mass is 152 g/mol. The van der Waals surface area contributed by atoms with Crippen LogP contribution in [-0.4, -0.2) is 4.98 Å². The molecule has 0 bridgehead atoms. The predicted molar refractivity (Wildman–Crippen MR) is 45.8 cm³/mol. The molecule has 1 aromatic heterocycles. The molecule has 1 heterocycles. The van der Waals surface area contributed by atoms with Gasteiger partial charge in [-0.15, -0.1) is 11.3 Å². The number of thiazole rings is 1. The van der Waals surface area contributed by atoms with E-state index >= 15 is 0 Å². The number of aromatic nitrogens is 1. The number of nitrogens with zero attached hydrogens (tertiary/aromatic N) is 1. The summed E-state index contributed by atoms with van der Waals surface area (Å²) in [5, 5.41) is 2.50. The second-order valence-electron chi connectivity index (χ2n) is 1.71. The number of hydrogen-bond donors (Lipinski definition) is 1. The molecule has 0 aliphatic rings. The van der Waals surface area contributed by atoms with Crippen LogP contribution in [0.2, 0.25) is 0 Å². The molecule has 2 N–H and O–H groups in total. The van der Waals surface area contributed by atoms with Crippen molar-refractivity contribution in [2.45, 2.75) is 0 Å². The Bertz CT molecular complexity index is 250. The zero-order chi connectivity index (χ0) is 7.40. The number of allylic oxidation sites excluding steroid dienone is 2. The van der Waals surface area contributed by atoms with E-state index in [1.54, 1.807) is 6.08 Å². The Balaban J connectivity index is 2.75. The molecule has 0 saturated carbocycles. The van der Waals surface area contributed by atoms with Crippen LogP contribution in [0.3, 0.4) is 0 Å². The van der Waals surface area contributed by atoms with E-state index in [0.717, 1.165) is 5.69 Å². The van der Waals surface area contributed by atoms with Crippen LogP contribution in [0.25, 0.3) is 6.08 Å². The lowest BCUT2D eigenvalue weighted by Crippen LogP contribution is -1.80. The summed E-state index contributed by atoms with van der Waals surface area (Å²) in [7, 11) is 0. The Kier molecular flexibility index (Phi) is 2.23. The van der Waals surface area contributed by atoms with E-state index in [2.05, 4.69) is 11.6 Å². The number of anilines is 1. The molecule has 0 spiro atoms. The molecule has 10 heavy (non-hydrogen) atoms. The molecular weight excluding hydrogens is 144 g/mol. The minimum absolute atomic E-state index is 0.601. The van der Waals surface area contributed by atoms with Crippen LogP contribution < -0.4 is 5.73 Å². The van der Waals surface area contributed by atoms with E-state index < -0.39 is 0 Å². The molecule has 0 unspecified atom stereocenters. The quantitative estimate of drug-likeness (QED) is 0.657. The Morgan fingerprint density at radius 1 is 1.70 bits per heavy atom. The normalized spacial score (nSPS) is 10.4. The molecule has 52 valence electrons. The fourth-order valence-corrected chi connectivity index (χ4v) is 1.07. The van der Waals surface area contributed by atoms with E-state index in [0.29, 0.717) is 5.13 Å². The molecule has 1 rings (SSSR count). The highest BCUT2D eigenvalue weighted by atomic mass is 32.1. The van der Waals surface area contributed by atoms with Crippen molar-refractivity contribution in [1.29, 1.82) is 0 Å². The molecular formula is C7H8N2S. The summed E-state index contributed by atoms with van der Waals surface area (Å²) in [6, 6.07) is 0. The zero-order valence-electron chi connectivity index (χ0n) is 5.45. The lowest BCUT2D eigenvalue weighted by atomic mass is 10.4. The zero-order valence-corrected chi connectivity index (χ0v) is 6.27. The van der Waals surface area contributed by atoms with Crippen molar-refractivity contribution in [2.24, 2.45) is 0 Å². The van der Waals surface area contributed by atoms with Crippen molar-refractivity contribution in [2.75, 3.05) is 5.73 Å². The van der Waals surface area contributed by atoms with Gasteiger partial charge in [0, 0.05) is 5.38 Å². The van der Waals surface area contributed by atoms with Gasteiger partial charge in [0.25, 0.3) is 0 Å². The summed E-state index contributed by atoms with van der Waals surface area (Å²) in [5.74, 6) is 0. The second kappa shape index (κ2) is 3.17. The molecule has 0 aliphatic heterocycles. The molecule has 1 aromatic rings. The average molecular weight is 152 g/mol. The first kappa shape index (κ1) is 7.02. The van der Waals surface area contributed by atoms with Crippen molar-refractivity contribution in [3.63, 3.8) is 0 Å². The fraction of sp³-hybridized carbons (Fsp3) is 0. The first-order valence-electron chi connectivity index (χ1n) is 2.83. The predicted octanol–water partition coefficient (Wildman–Crippen LogP) is 1.92. The highest BCUT2D eigenvalue weighted by Crippen LogP contribution is 2.11. The van der Waals surface area contributed by atoms with Gasteiger partial charge >= 0.3 is 0 Å². The SMILES string of the molecule is C=C/C=C/c1csc(N)n1. The maximum Gasteiger partial charge on any atom is 0.180 e. The summed E-state index contributed by atoms with van der Waals surface area (Å²) >= 11 is 1.44. The van der Waals surface area contributed by atoms with Gasteiger partial charge in [-0.05, 0) is 6.08 Å². The minimum Gasteiger partial charge on any atom is -0.375 e. The van der Waals surface area contributed by atoms with Crippen LogP contribution in [0.15, 0.2) is 24.1 Å². The maximum atomic E-state index is 5.40. The molecule has 0 atom stereocenters. The van der Waals surface area contributed by atoms with Crippen LogP contribution in [0.4, 0.5) is 5.13 Å². The number of nitrogens with two attached hydrogens (primary N) is 1. The average Bonchev–Trinajstić information content (AvgIpc) is 2.31. The molecule has 0 fully saturated rings. The van der Waals surface area contributed by atoms with Gasteiger partial charge in [-0.3, -0.25) is 0 Å². The van der Waals surface area contributed by atoms with Crippen LogP contribution in [-0.2, 0) is 0 Å². The van der Waals surface area contributed by atoms with Gasteiger partial charge < -0.3 is 5.73 Å². The second-order valence-corrected chi connectivity index (χ2v) is 2.60. The van der Waals surface area contributed by atoms with E-state index in [9.17, 15) is 0 Å². The van der Waals surface area contributed by atoms with Gasteiger partial charge in [-0.25, -0.2) is 4.98 Å². The number of rotatable bonds is 2. The fourth-order valence-electron chi connectivity index (χ4n) is 0.544. The minimum atomic E-state index is 0.601. The molecule has 0 radical (unpaired) electrons. The summed E-state index contributed by atoms with van der Waals surface area (Å²) in [6.45, 7) is 3.54. The molecule has 0 amide bonds. The first-order chi connectivity index (χ1) is 4.83. The van der Waals surface area contributed by atoms with E-state index in [1.807, 2.05) is 17.5 Å². The van der Waals surface area contributed by atoms with Gasteiger partial charge in [-0.2, -0.15) is 0 Å². The Labute approximate surface area is 63.7 Å². The van der Waals surface area contributed by atoms with Crippen LogP contribution >= 0.6 is 11.3 Å². The van der Waals surface area contributed by atoms with Crippen LogP contribution in [0.1, 0.15) is 5.69 Å². The standard InChI is InChI=1S/C7H8N2S/c1-2-3-4-6-5-10-7(8)9-6/h2-5H,1H2,(H2,8,9)/b4-3+. The van der Waals surface area contributed by atoms with Gasteiger partial charge in [-0.1, -0.05) is 18.7 Å². The Morgan fingerprint density at radius 3 is 3.00 bits per heavy atom. The third-order valence-corrected chi connectivity index (χ3v) is 1.63. The highest BCUT2D eigenvalue weighted by molar-refractivity contribution is 7.13. The molecule has 3 heteroatoms. The lowest BCUT2D eigenvalue weighted by molar-refractivity contribution is 1.39. The summed E-state index contributed by atoms with van der Waals surface area (Å²) in [5.41, 5.74) is 6.29. The van der Waals surface area contributed by atoms with Gasteiger partial charge in [0.1, 0.15) is 0 Å². The first-order valence-corrected chi connectivity index (χ1v) is 3.71. The third-order valence-electron chi connectivity index (χ3n) is 0.943. The van der Waals surface area contributed by atoms with Crippen molar-refractivity contribution >= 4 is 22.5 Å². The third kappa shape index (κ3) is 1.70. The van der Waals surface area contributed by atoms with Crippen molar-refractivity contribution in [3.05, 3.63) is 29.8 Å². The van der Waals surface area contributed by atoms with E-state index in [-0.39, 0.29) is 0 Å². The van der Waals surface area contributed by atoms with Crippen molar-refractivity contribution in [1.82, 2.24) is 4.98 Å². The highest BCUT2D eigenvalue weighted by Gasteiger charge is 1.90. The topological polar surface area (TPSA) is 38.9 Å². The Hall–Kier alpha value is -1.09. The van der Waals surface area contributed by atoms with Crippen LogP contribution in [0, 0.1) is 0 Å². The van der Waals surface area contributed by atoms with Crippen molar-refractivity contribution in [3.8, 4) is 0 Å². The summed E-state index contributed by atoms with van der Waals surface area (Å²) < 4.78 is 0. The number of nitrogen functional groups attached to an aromatic ring is 1. The van der Waals surface area contributed by atoms with E-state index in [4.69, 9.17) is 5.73 Å². The van der Waals surface area contributed by atoms with Gasteiger partial charge in [0.2, 0.25) is 0 Å². The molecule has 0 aliphatic carbocycles. The molecule has 0 saturated heterocycles. The molecule has 2 nitrogen and oxygen atoms in total. The van der Waals surface area contributed by atoms with Crippen LogP contribution in [0.5, 0.6) is 0 Å². The Morgan fingerprint density at radius 2 is 2.50 bits per heavy atom. The summed E-state index contributed by atoms with van der Waals surface area (Å²) in [4.78, 5) is 4.01. The van der Waals surface area contributed by atoms with Gasteiger partial charge in [0.05, 0.1) is 5.69 Å². The van der Waals surface area contributed by atoms with E-state index in [1.165, 1.54) is 11.3 Å². The largest absolute Gasteiger partial charge is 0.375 e. The van der Waals surface area contributed by atoms with Crippen molar-refractivity contribution < 1.29 is 0 Å². The smallest absolute Gasteiger partial charge is 0.180 e. The maximum absolute atomic E-state index is 5.40.